The first-order valence-corrected chi connectivity index (χ1v) is 6.47. The molecular formula is C13H14N2O2S. The fourth-order valence-corrected chi connectivity index (χ4v) is 2.09. The molecule has 1 amide bonds. The van der Waals surface area contributed by atoms with Crippen molar-refractivity contribution >= 4 is 17.2 Å². The zero-order valence-electron chi connectivity index (χ0n) is 10.1. The van der Waals surface area contributed by atoms with E-state index in [0.29, 0.717) is 12.3 Å². The molecule has 4 nitrogen and oxygen atoms in total. The van der Waals surface area contributed by atoms with E-state index in [4.69, 9.17) is 4.74 Å². The molecule has 94 valence electrons. The highest BCUT2D eigenvalue weighted by Crippen LogP contribution is 2.09. The second-order valence-corrected chi connectivity index (χ2v) is 4.70. The number of thiazole rings is 1. The van der Waals surface area contributed by atoms with Crippen molar-refractivity contribution in [2.75, 3.05) is 6.61 Å². The molecule has 0 atom stereocenters. The molecule has 0 fully saturated rings. The van der Waals surface area contributed by atoms with Crippen LogP contribution in [-0.2, 0) is 11.3 Å². The minimum atomic E-state index is -0.147. The number of rotatable bonds is 5. The Labute approximate surface area is 110 Å². The van der Waals surface area contributed by atoms with Crippen LogP contribution >= 0.6 is 11.3 Å². The first kappa shape index (κ1) is 12.6. The predicted molar refractivity (Wildman–Crippen MR) is 70.6 cm³/mol. The van der Waals surface area contributed by atoms with Crippen LogP contribution < -0.4 is 10.1 Å². The second kappa shape index (κ2) is 6.16. The fourth-order valence-electron chi connectivity index (χ4n) is 1.37. The maximum absolute atomic E-state index is 11.5. The van der Waals surface area contributed by atoms with Gasteiger partial charge in [-0.15, -0.1) is 11.3 Å². The average Bonchev–Trinajstić information content (AvgIpc) is 2.81. The van der Waals surface area contributed by atoms with Crippen molar-refractivity contribution in [2.45, 2.75) is 13.5 Å². The molecule has 0 aliphatic rings. The van der Waals surface area contributed by atoms with Crippen LogP contribution in [0.2, 0.25) is 0 Å². The van der Waals surface area contributed by atoms with Crippen molar-refractivity contribution in [3.05, 3.63) is 46.4 Å². The van der Waals surface area contributed by atoms with Gasteiger partial charge in [-0.2, -0.15) is 0 Å². The number of amides is 1. The summed E-state index contributed by atoms with van der Waals surface area (Å²) in [5.41, 5.74) is 0.977. The molecule has 0 bridgehead atoms. The van der Waals surface area contributed by atoms with Gasteiger partial charge in [0, 0.05) is 11.1 Å². The molecule has 0 radical (unpaired) electrons. The molecule has 0 aliphatic heterocycles. The fraction of sp³-hybridized carbons (Fsp3) is 0.231. The molecular weight excluding hydrogens is 248 g/mol. The van der Waals surface area contributed by atoms with E-state index in [1.54, 1.807) is 0 Å². The average molecular weight is 262 g/mol. The topological polar surface area (TPSA) is 51.2 Å². The molecule has 0 unspecified atom stereocenters. The number of hydrogen-bond donors (Lipinski definition) is 1. The van der Waals surface area contributed by atoms with Gasteiger partial charge < -0.3 is 10.1 Å². The minimum Gasteiger partial charge on any atom is -0.484 e. The van der Waals surface area contributed by atoms with Crippen molar-refractivity contribution in [3.8, 4) is 5.75 Å². The Bertz CT molecular complexity index is 511. The largest absolute Gasteiger partial charge is 0.484 e. The summed E-state index contributed by atoms with van der Waals surface area (Å²) in [6.45, 7) is 2.41. The number of carbonyl (C=O) groups is 1. The Kier molecular flexibility index (Phi) is 4.30. The van der Waals surface area contributed by atoms with Gasteiger partial charge in [-0.1, -0.05) is 18.2 Å². The number of nitrogens with one attached hydrogen (secondary N) is 1. The number of aromatic nitrogens is 1. The van der Waals surface area contributed by atoms with E-state index in [0.717, 1.165) is 10.7 Å². The van der Waals surface area contributed by atoms with Crippen LogP contribution in [0.15, 0.2) is 35.7 Å². The van der Waals surface area contributed by atoms with Crippen LogP contribution in [0.4, 0.5) is 0 Å². The van der Waals surface area contributed by atoms with Gasteiger partial charge >= 0.3 is 0 Å². The molecule has 18 heavy (non-hydrogen) atoms. The second-order valence-electron chi connectivity index (χ2n) is 3.76. The third-order valence-electron chi connectivity index (χ3n) is 2.22. The van der Waals surface area contributed by atoms with E-state index in [1.807, 2.05) is 42.6 Å². The van der Waals surface area contributed by atoms with Crippen molar-refractivity contribution in [1.29, 1.82) is 0 Å². The molecule has 5 heteroatoms. The lowest BCUT2D eigenvalue weighted by Crippen LogP contribution is -2.28. The van der Waals surface area contributed by atoms with Crippen LogP contribution in [0.1, 0.15) is 10.7 Å². The summed E-state index contributed by atoms with van der Waals surface area (Å²) >= 11 is 1.54. The Morgan fingerprint density at radius 3 is 2.83 bits per heavy atom. The monoisotopic (exact) mass is 262 g/mol. The Morgan fingerprint density at radius 2 is 2.17 bits per heavy atom. The molecule has 0 spiro atoms. The Balaban J connectivity index is 1.73. The van der Waals surface area contributed by atoms with E-state index < -0.39 is 0 Å². The third-order valence-corrected chi connectivity index (χ3v) is 3.18. The molecule has 0 saturated carbocycles. The molecule has 0 saturated heterocycles. The van der Waals surface area contributed by atoms with Crippen molar-refractivity contribution in [2.24, 2.45) is 0 Å². The quantitative estimate of drug-likeness (QED) is 0.898. The summed E-state index contributed by atoms with van der Waals surface area (Å²) in [7, 11) is 0. The smallest absolute Gasteiger partial charge is 0.258 e. The molecule has 2 aromatic rings. The van der Waals surface area contributed by atoms with Crippen LogP contribution in [0.3, 0.4) is 0 Å². The lowest BCUT2D eigenvalue weighted by Gasteiger charge is -2.05. The predicted octanol–water partition coefficient (Wildman–Crippen LogP) is 2.15. The summed E-state index contributed by atoms with van der Waals surface area (Å²) in [4.78, 5) is 15.8. The van der Waals surface area contributed by atoms with E-state index in [2.05, 4.69) is 10.3 Å². The summed E-state index contributed by atoms with van der Waals surface area (Å²) in [5, 5.41) is 5.63. The number of aryl methyl sites for hydroxylation is 1. The number of hydrogen-bond acceptors (Lipinski definition) is 4. The molecule has 1 N–H and O–H groups in total. The zero-order valence-corrected chi connectivity index (χ0v) is 10.9. The molecule has 1 heterocycles. The first-order chi connectivity index (χ1) is 8.74. The summed E-state index contributed by atoms with van der Waals surface area (Å²) in [6.07, 6.45) is 0. The molecule has 1 aromatic heterocycles. The Morgan fingerprint density at radius 1 is 1.39 bits per heavy atom. The summed E-state index contributed by atoms with van der Waals surface area (Å²) in [5.74, 6) is 0.546. The van der Waals surface area contributed by atoms with E-state index in [1.165, 1.54) is 11.3 Å². The van der Waals surface area contributed by atoms with Gasteiger partial charge in [0.2, 0.25) is 0 Å². The minimum absolute atomic E-state index is 0.0222. The van der Waals surface area contributed by atoms with Gasteiger partial charge in [0.15, 0.2) is 6.61 Å². The maximum atomic E-state index is 11.5. The van der Waals surface area contributed by atoms with Crippen LogP contribution in [-0.4, -0.2) is 17.5 Å². The van der Waals surface area contributed by atoms with Gasteiger partial charge in [0.25, 0.3) is 5.91 Å². The highest BCUT2D eigenvalue weighted by molar-refractivity contribution is 7.09. The van der Waals surface area contributed by atoms with E-state index in [-0.39, 0.29) is 12.5 Å². The normalized spacial score (nSPS) is 10.1. The molecule has 0 aliphatic carbocycles. The van der Waals surface area contributed by atoms with Gasteiger partial charge in [0.1, 0.15) is 10.8 Å². The van der Waals surface area contributed by atoms with Crippen molar-refractivity contribution in [3.63, 3.8) is 0 Å². The van der Waals surface area contributed by atoms with Crippen molar-refractivity contribution in [1.82, 2.24) is 10.3 Å². The van der Waals surface area contributed by atoms with E-state index >= 15 is 0 Å². The van der Waals surface area contributed by atoms with Gasteiger partial charge in [0.05, 0.1) is 6.54 Å². The Hall–Kier alpha value is -1.88. The van der Waals surface area contributed by atoms with Gasteiger partial charge in [-0.05, 0) is 19.1 Å². The molecule has 1 aromatic carbocycles. The lowest BCUT2D eigenvalue weighted by molar-refractivity contribution is -0.123. The van der Waals surface area contributed by atoms with Gasteiger partial charge in [-0.3, -0.25) is 4.79 Å². The van der Waals surface area contributed by atoms with Crippen molar-refractivity contribution < 1.29 is 9.53 Å². The van der Waals surface area contributed by atoms with Crippen LogP contribution in [0.5, 0.6) is 5.75 Å². The summed E-state index contributed by atoms with van der Waals surface area (Å²) in [6, 6.07) is 9.27. The number of ether oxygens (including phenoxy) is 1. The van der Waals surface area contributed by atoms with Crippen LogP contribution in [0.25, 0.3) is 0 Å². The zero-order chi connectivity index (χ0) is 12.8. The number of benzene rings is 1. The van der Waals surface area contributed by atoms with E-state index in [9.17, 15) is 4.79 Å². The highest BCUT2D eigenvalue weighted by Gasteiger charge is 2.04. The highest BCUT2D eigenvalue weighted by atomic mass is 32.1. The number of para-hydroxylation sites is 1. The summed E-state index contributed by atoms with van der Waals surface area (Å²) < 4.78 is 5.33. The standard InChI is InChI=1S/C13H14N2O2S/c1-10-9-18-13(15-10)7-14-12(16)8-17-11-5-3-2-4-6-11/h2-6,9H,7-8H2,1H3,(H,14,16). The van der Waals surface area contributed by atoms with Crippen LogP contribution in [0, 0.1) is 6.92 Å². The van der Waals surface area contributed by atoms with Gasteiger partial charge in [-0.25, -0.2) is 4.98 Å². The SMILES string of the molecule is Cc1csc(CNC(=O)COc2ccccc2)n1. The number of carbonyl (C=O) groups excluding carboxylic acids is 1. The maximum Gasteiger partial charge on any atom is 0.258 e. The first-order valence-electron chi connectivity index (χ1n) is 5.59. The molecule has 2 rings (SSSR count). The number of nitrogens with zero attached hydrogens (tertiary/aromatic N) is 1. The lowest BCUT2D eigenvalue weighted by atomic mass is 10.3. The third kappa shape index (κ3) is 3.85.